The highest BCUT2D eigenvalue weighted by Gasteiger charge is 2.13. The summed E-state index contributed by atoms with van der Waals surface area (Å²) < 4.78 is 10.5. The predicted octanol–water partition coefficient (Wildman–Crippen LogP) is 4.51. The van der Waals surface area contributed by atoms with Crippen molar-refractivity contribution in [3.8, 4) is 11.5 Å². The van der Waals surface area contributed by atoms with Crippen molar-refractivity contribution in [3.63, 3.8) is 0 Å². The summed E-state index contributed by atoms with van der Waals surface area (Å²) in [7, 11) is 4.83. The van der Waals surface area contributed by atoms with Gasteiger partial charge >= 0.3 is 0 Å². The largest absolute Gasteiger partial charge is 0.493 e. The van der Waals surface area contributed by atoms with Crippen molar-refractivity contribution in [2.45, 2.75) is 0 Å². The zero-order valence-corrected chi connectivity index (χ0v) is 19.9. The average molecular weight is 476 g/mol. The van der Waals surface area contributed by atoms with Gasteiger partial charge in [0.05, 0.1) is 14.2 Å². The fourth-order valence-corrected chi connectivity index (χ4v) is 3.32. The molecule has 7 nitrogen and oxygen atoms in total. The van der Waals surface area contributed by atoms with Gasteiger partial charge in [-0.2, -0.15) is 0 Å². The first kappa shape index (κ1) is 24.5. The molecule has 8 heteroatoms. The molecule has 2 N–H and O–H groups in total. The number of anilines is 2. The Bertz CT molecular complexity index is 1190. The average Bonchev–Trinajstić information content (AvgIpc) is 2.87. The Morgan fingerprint density at radius 2 is 1.59 bits per heavy atom. The molecule has 34 heavy (non-hydrogen) atoms. The highest BCUT2D eigenvalue weighted by Crippen LogP contribution is 2.28. The Labute approximate surface area is 204 Å². The fourth-order valence-electron chi connectivity index (χ4n) is 3.10. The molecule has 0 aromatic heterocycles. The first-order valence-electron chi connectivity index (χ1n) is 10.4. The number of amides is 2. The standard InChI is InChI=1S/C26H25N3O4S/c1-29(21-7-5-4-6-8-21)25(31)19-11-13-20(14-12-19)27-26(34)28-24(30)16-10-18-9-15-22(32-2)23(17-18)33-3/h4-17H,1-3H3,(H2,27,28,30,34). The second kappa shape index (κ2) is 11.6. The number of hydrogen-bond acceptors (Lipinski definition) is 5. The van der Waals surface area contributed by atoms with Gasteiger partial charge < -0.3 is 19.7 Å². The number of nitrogens with one attached hydrogen (secondary N) is 2. The van der Waals surface area contributed by atoms with Crippen LogP contribution in [0.4, 0.5) is 11.4 Å². The number of rotatable bonds is 7. The molecule has 174 valence electrons. The minimum Gasteiger partial charge on any atom is -0.493 e. The van der Waals surface area contributed by atoms with E-state index in [2.05, 4.69) is 10.6 Å². The molecule has 0 saturated heterocycles. The van der Waals surface area contributed by atoms with Crippen molar-refractivity contribution >= 4 is 46.6 Å². The van der Waals surface area contributed by atoms with Gasteiger partial charge in [0.25, 0.3) is 5.91 Å². The first-order valence-corrected chi connectivity index (χ1v) is 10.8. The Morgan fingerprint density at radius 3 is 2.24 bits per heavy atom. The lowest BCUT2D eigenvalue weighted by molar-refractivity contribution is -0.115. The third-order valence-electron chi connectivity index (χ3n) is 4.91. The molecule has 3 aromatic carbocycles. The van der Waals surface area contributed by atoms with E-state index in [0.29, 0.717) is 22.7 Å². The Kier molecular flexibility index (Phi) is 8.37. The van der Waals surface area contributed by atoms with Crippen LogP contribution in [0, 0.1) is 0 Å². The molecule has 0 unspecified atom stereocenters. The van der Waals surface area contributed by atoms with Gasteiger partial charge in [0.2, 0.25) is 5.91 Å². The number of methoxy groups -OCH3 is 2. The number of benzene rings is 3. The van der Waals surface area contributed by atoms with Gasteiger partial charge in [-0.1, -0.05) is 24.3 Å². The fraction of sp³-hybridized carbons (Fsp3) is 0.115. The second-order valence-electron chi connectivity index (χ2n) is 7.17. The zero-order valence-electron chi connectivity index (χ0n) is 19.1. The van der Waals surface area contributed by atoms with E-state index in [1.807, 2.05) is 30.3 Å². The highest BCUT2D eigenvalue weighted by molar-refractivity contribution is 7.80. The monoisotopic (exact) mass is 475 g/mol. The summed E-state index contributed by atoms with van der Waals surface area (Å²) in [5, 5.41) is 5.67. The van der Waals surface area contributed by atoms with Crippen molar-refractivity contribution < 1.29 is 19.1 Å². The summed E-state index contributed by atoms with van der Waals surface area (Å²) in [6.45, 7) is 0. The maximum atomic E-state index is 12.7. The van der Waals surface area contributed by atoms with E-state index in [4.69, 9.17) is 21.7 Å². The molecule has 0 radical (unpaired) electrons. The zero-order chi connectivity index (χ0) is 24.5. The molecule has 0 aliphatic rings. The summed E-state index contributed by atoms with van der Waals surface area (Å²) in [6, 6.07) is 21.6. The summed E-state index contributed by atoms with van der Waals surface area (Å²) in [4.78, 5) is 26.5. The van der Waals surface area contributed by atoms with Gasteiger partial charge in [-0.25, -0.2) is 0 Å². The number of nitrogens with zero attached hydrogens (tertiary/aromatic N) is 1. The topological polar surface area (TPSA) is 79.9 Å². The summed E-state index contributed by atoms with van der Waals surface area (Å²) in [5.41, 5.74) is 2.75. The molecule has 0 saturated carbocycles. The van der Waals surface area contributed by atoms with Crippen LogP contribution in [0.15, 0.2) is 78.9 Å². The Morgan fingerprint density at radius 1 is 0.912 bits per heavy atom. The van der Waals surface area contributed by atoms with E-state index >= 15 is 0 Å². The van der Waals surface area contributed by atoms with Crippen molar-refractivity contribution in [2.75, 3.05) is 31.5 Å². The van der Waals surface area contributed by atoms with Gasteiger partial charge in [-0.15, -0.1) is 0 Å². The van der Waals surface area contributed by atoms with E-state index in [1.165, 1.54) is 6.08 Å². The van der Waals surface area contributed by atoms with Crippen LogP contribution in [0.1, 0.15) is 15.9 Å². The van der Waals surface area contributed by atoms with Gasteiger partial charge in [-0.05, 0) is 72.4 Å². The molecule has 0 atom stereocenters. The minimum absolute atomic E-state index is 0.131. The van der Waals surface area contributed by atoms with E-state index in [0.717, 1.165) is 11.3 Å². The van der Waals surface area contributed by atoms with Crippen molar-refractivity contribution in [2.24, 2.45) is 0 Å². The molecule has 0 aliphatic heterocycles. The maximum absolute atomic E-state index is 12.7. The molecule has 3 rings (SSSR count). The molecule has 3 aromatic rings. The number of carbonyl (C=O) groups excluding carboxylic acids is 2. The third kappa shape index (κ3) is 6.43. The molecule has 0 bridgehead atoms. The lowest BCUT2D eigenvalue weighted by Crippen LogP contribution is -2.32. The molecule has 0 spiro atoms. The van der Waals surface area contributed by atoms with E-state index in [-0.39, 0.29) is 16.9 Å². The number of carbonyl (C=O) groups is 2. The molecule has 0 aliphatic carbocycles. The Hall–Kier alpha value is -4.17. The van der Waals surface area contributed by atoms with Gasteiger partial charge in [0.1, 0.15) is 0 Å². The van der Waals surface area contributed by atoms with Gasteiger partial charge in [0, 0.05) is 30.1 Å². The lowest BCUT2D eigenvalue weighted by atomic mass is 10.1. The SMILES string of the molecule is COc1ccc(C=CC(=O)NC(=S)Nc2ccc(C(=O)N(C)c3ccccc3)cc2)cc1OC. The van der Waals surface area contributed by atoms with Crippen LogP contribution in [-0.4, -0.2) is 38.2 Å². The van der Waals surface area contributed by atoms with Crippen molar-refractivity contribution in [1.29, 1.82) is 0 Å². The van der Waals surface area contributed by atoms with Crippen molar-refractivity contribution in [3.05, 3.63) is 90.0 Å². The van der Waals surface area contributed by atoms with Crippen LogP contribution >= 0.6 is 12.2 Å². The van der Waals surface area contributed by atoms with Crippen LogP contribution in [0.3, 0.4) is 0 Å². The van der Waals surface area contributed by atoms with Gasteiger partial charge in [0.15, 0.2) is 16.6 Å². The van der Waals surface area contributed by atoms with E-state index in [9.17, 15) is 9.59 Å². The number of para-hydroxylation sites is 1. The quantitative estimate of drug-likeness (QED) is 0.387. The maximum Gasteiger partial charge on any atom is 0.258 e. The third-order valence-corrected chi connectivity index (χ3v) is 5.11. The second-order valence-corrected chi connectivity index (χ2v) is 7.58. The van der Waals surface area contributed by atoms with Crippen LogP contribution in [-0.2, 0) is 4.79 Å². The highest BCUT2D eigenvalue weighted by atomic mass is 32.1. The van der Waals surface area contributed by atoms with E-state index < -0.39 is 0 Å². The number of ether oxygens (including phenoxy) is 2. The summed E-state index contributed by atoms with van der Waals surface area (Å²) in [6.07, 6.45) is 3.01. The van der Waals surface area contributed by atoms with Crippen LogP contribution in [0.25, 0.3) is 6.08 Å². The van der Waals surface area contributed by atoms with Crippen LogP contribution < -0.4 is 25.0 Å². The Balaban J connectivity index is 1.55. The smallest absolute Gasteiger partial charge is 0.258 e. The summed E-state index contributed by atoms with van der Waals surface area (Å²) in [5.74, 6) is 0.658. The normalized spacial score (nSPS) is 10.4. The minimum atomic E-state index is -0.386. The predicted molar refractivity (Wildman–Crippen MR) is 139 cm³/mol. The van der Waals surface area contributed by atoms with Crippen LogP contribution in [0.5, 0.6) is 11.5 Å². The van der Waals surface area contributed by atoms with Gasteiger partial charge in [-0.3, -0.25) is 14.9 Å². The van der Waals surface area contributed by atoms with Crippen LogP contribution in [0.2, 0.25) is 0 Å². The lowest BCUT2D eigenvalue weighted by Gasteiger charge is -2.17. The number of hydrogen-bond donors (Lipinski definition) is 2. The summed E-state index contributed by atoms with van der Waals surface area (Å²) >= 11 is 5.22. The molecule has 0 heterocycles. The van der Waals surface area contributed by atoms with Crippen molar-refractivity contribution in [1.82, 2.24) is 5.32 Å². The molecular formula is C26H25N3O4S. The molecule has 0 fully saturated rings. The number of thiocarbonyl (C=S) groups is 1. The first-order chi connectivity index (χ1) is 16.4. The van der Waals surface area contributed by atoms with E-state index in [1.54, 1.807) is 74.7 Å². The molecule has 2 amide bonds. The molecular weight excluding hydrogens is 450 g/mol.